The number of aryl methyl sites for hydroxylation is 3. The van der Waals surface area contributed by atoms with Crippen LogP contribution < -0.4 is 16.6 Å². The molecule has 1 amide bonds. The first kappa shape index (κ1) is 21.3. The van der Waals surface area contributed by atoms with E-state index in [0.29, 0.717) is 21.6 Å². The van der Waals surface area contributed by atoms with Crippen LogP contribution in [0.1, 0.15) is 16.7 Å². The lowest BCUT2D eigenvalue weighted by Gasteiger charge is -2.14. The number of hydrogen-bond acceptors (Lipinski definition) is 4. The van der Waals surface area contributed by atoms with E-state index in [0.717, 1.165) is 25.7 Å². The number of fused-ring (bicyclic) bond motifs is 1. The number of rotatable bonds is 4. The first-order chi connectivity index (χ1) is 14.8. The van der Waals surface area contributed by atoms with Crippen molar-refractivity contribution in [2.45, 2.75) is 27.3 Å². The highest BCUT2D eigenvalue weighted by atomic mass is 79.9. The molecule has 0 spiro atoms. The molecule has 0 fully saturated rings. The van der Waals surface area contributed by atoms with E-state index in [-0.39, 0.29) is 18.0 Å². The molecule has 0 radical (unpaired) electrons. The van der Waals surface area contributed by atoms with Crippen LogP contribution in [0.3, 0.4) is 0 Å². The molecule has 0 saturated heterocycles. The number of nitrogens with one attached hydrogen (secondary N) is 1. The van der Waals surface area contributed by atoms with Gasteiger partial charge in [-0.25, -0.2) is 9.36 Å². The van der Waals surface area contributed by atoms with Crippen LogP contribution in [-0.4, -0.2) is 15.0 Å². The summed E-state index contributed by atoms with van der Waals surface area (Å²) in [6.07, 6.45) is 0. The van der Waals surface area contributed by atoms with Gasteiger partial charge in [0.1, 0.15) is 11.2 Å². The largest absolute Gasteiger partial charge is 0.336 e. The highest BCUT2D eigenvalue weighted by molar-refractivity contribution is 9.10. The summed E-state index contributed by atoms with van der Waals surface area (Å²) in [7, 11) is 0. The van der Waals surface area contributed by atoms with Gasteiger partial charge in [0.15, 0.2) is 0 Å². The van der Waals surface area contributed by atoms with Crippen LogP contribution in [-0.2, 0) is 11.3 Å². The van der Waals surface area contributed by atoms with E-state index in [1.165, 1.54) is 15.9 Å². The molecule has 158 valence electrons. The molecule has 0 atom stereocenters. The van der Waals surface area contributed by atoms with E-state index in [1.54, 1.807) is 23.6 Å². The van der Waals surface area contributed by atoms with Crippen molar-refractivity contribution in [2.24, 2.45) is 0 Å². The van der Waals surface area contributed by atoms with Crippen molar-refractivity contribution >= 4 is 49.1 Å². The average Bonchev–Trinajstić information content (AvgIpc) is 3.20. The Kier molecular flexibility index (Phi) is 5.68. The van der Waals surface area contributed by atoms with Gasteiger partial charge < -0.3 is 5.32 Å². The lowest BCUT2D eigenvalue weighted by molar-refractivity contribution is -0.116. The van der Waals surface area contributed by atoms with E-state index in [1.807, 2.05) is 45.0 Å². The molecule has 2 aromatic carbocycles. The van der Waals surface area contributed by atoms with Gasteiger partial charge >= 0.3 is 5.69 Å². The SMILES string of the molecule is Cc1ccc(-n2c(=O)c3sccc3n(CC(=O)Nc3ccc(Br)cc3C)c2=O)cc1C. The number of carbonyl (C=O) groups is 1. The summed E-state index contributed by atoms with van der Waals surface area (Å²) in [5, 5.41) is 4.61. The molecule has 2 heterocycles. The predicted molar refractivity (Wildman–Crippen MR) is 129 cm³/mol. The Balaban J connectivity index is 1.80. The highest BCUT2D eigenvalue weighted by Crippen LogP contribution is 2.21. The molecule has 2 aromatic heterocycles. The van der Waals surface area contributed by atoms with E-state index >= 15 is 0 Å². The van der Waals surface area contributed by atoms with Crippen molar-refractivity contribution in [1.29, 1.82) is 0 Å². The van der Waals surface area contributed by atoms with E-state index in [4.69, 9.17) is 0 Å². The normalized spacial score (nSPS) is 11.1. The van der Waals surface area contributed by atoms with Crippen LogP contribution in [0.4, 0.5) is 5.69 Å². The molecule has 6 nitrogen and oxygen atoms in total. The van der Waals surface area contributed by atoms with Crippen LogP contribution in [0.5, 0.6) is 0 Å². The van der Waals surface area contributed by atoms with Gasteiger partial charge in [-0.15, -0.1) is 11.3 Å². The van der Waals surface area contributed by atoms with Gasteiger partial charge in [-0.2, -0.15) is 0 Å². The molecule has 31 heavy (non-hydrogen) atoms. The zero-order valence-electron chi connectivity index (χ0n) is 17.2. The Morgan fingerprint density at radius 2 is 1.77 bits per heavy atom. The standard InChI is InChI=1S/C23H20BrN3O3S/c1-13-4-6-17(11-14(13)2)27-22(29)21-19(8-9-31-21)26(23(27)30)12-20(28)25-18-7-5-16(24)10-15(18)3/h4-11H,12H2,1-3H3,(H,25,28). The maximum atomic E-state index is 13.3. The molecule has 1 N–H and O–H groups in total. The third-order valence-electron chi connectivity index (χ3n) is 5.27. The van der Waals surface area contributed by atoms with Gasteiger partial charge in [0.05, 0.1) is 11.2 Å². The number of carbonyl (C=O) groups excluding carboxylic acids is 1. The van der Waals surface area contributed by atoms with Gasteiger partial charge in [0.25, 0.3) is 5.56 Å². The third-order valence-corrected chi connectivity index (χ3v) is 6.65. The van der Waals surface area contributed by atoms with Gasteiger partial charge in [-0.05, 0) is 79.2 Å². The summed E-state index contributed by atoms with van der Waals surface area (Å²) in [5.74, 6) is -0.342. The van der Waals surface area contributed by atoms with Crippen LogP contribution in [0.2, 0.25) is 0 Å². The zero-order chi connectivity index (χ0) is 22.3. The molecule has 0 saturated carbocycles. The number of thiophene rings is 1. The molecule has 0 bridgehead atoms. The monoisotopic (exact) mass is 497 g/mol. The molecule has 4 aromatic rings. The van der Waals surface area contributed by atoms with Crippen molar-refractivity contribution in [2.75, 3.05) is 5.32 Å². The molecule has 0 aliphatic rings. The lowest BCUT2D eigenvalue weighted by Crippen LogP contribution is -2.40. The first-order valence-corrected chi connectivity index (χ1v) is 11.3. The summed E-state index contributed by atoms with van der Waals surface area (Å²) >= 11 is 4.66. The minimum Gasteiger partial charge on any atom is -0.324 e. The number of nitrogens with zero attached hydrogens (tertiary/aromatic N) is 2. The quantitative estimate of drug-likeness (QED) is 0.449. The first-order valence-electron chi connectivity index (χ1n) is 9.63. The Morgan fingerprint density at radius 3 is 2.48 bits per heavy atom. The molecular formula is C23H20BrN3O3S. The molecular weight excluding hydrogens is 478 g/mol. The average molecular weight is 498 g/mol. The van der Waals surface area contributed by atoms with Gasteiger partial charge in [-0.3, -0.25) is 14.2 Å². The Labute approximate surface area is 190 Å². The molecule has 0 unspecified atom stereocenters. The topological polar surface area (TPSA) is 73.1 Å². The molecule has 0 aliphatic heterocycles. The third kappa shape index (κ3) is 4.00. The predicted octanol–water partition coefficient (Wildman–Crippen LogP) is 4.54. The Morgan fingerprint density at radius 1 is 1.00 bits per heavy atom. The number of amides is 1. The summed E-state index contributed by atoms with van der Waals surface area (Å²) in [6.45, 7) is 5.59. The summed E-state index contributed by atoms with van der Waals surface area (Å²) in [6, 6.07) is 12.7. The summed E-state index contributed by atoms with van der Waals surface area (Å²) in [4.78, 5) is 39.2. The summed E-state index contributed by atoms with van der Waals surface area (Å²) in [5.41, 5.74) is 3.65. The maximum Gasteiger partial charge on any atom is 0.336 e. The second kappa shape index (κ2) is 8.28. The van der Waals surface area contributed by atoms with E-state index in [9.17, 15) is 14.4 Å². The second-order valence-electron chi connectivity index (χ2n) is 7.42. The smallest absolute Gasteiger partial charge is 0.324 e. The van der Waals surface area contributed by atoms with E-state index in [2.05, 4.69) is 21.2 Å². The molecule has 4 rings (SSSR count). The Hall–Kier alpha value is -2.97. The fourth-order valence-corrected chi connectivity index (χ4v) is 4.73. The molecule has 0 aliphatic carbocycles. The summed E-state index contributed by atoms with van der Waals surface area (Å²) < 4.78 is 3.85. The zero-order valence-corrected chi connectivity index (χ0v) is 19.6. The minimum atomic E-state index is -0.540. The number of halogens is 1. The van der Waals surface area contributed by atoms with Crippen LogP contribution in [0.15, 0.2) is 61.9 Å². The van der Waals surface area contributed by atoms with Crippen molar-refractivity contribution < 1.29 is 4.79 Å². The maximum absolute atomic E-state index is 13.3. The minimum absolute atomic E-state index is 0.202. The van der Waals surface area contributed by atoms with Crippen molar-refractivity contribution in [1.82, 2.24) is 9.13 Å². The van der Waals surface area contributed by atoms with Crippen molar-refractivity contribution in [3.8, 4) is 5.69 Å². The number of hydrogen-bond donors (Lipinski definition) is 1. The van der Waals surface area contributed by atoms with Gasteiger partial charge in [-0.1, -0.05) is 22.0 Å². The fraction of sp³-hybridized carbons (Fsp3) is 0.174. The highest BCUT2D eigenvalue weighted by Gasteiger charge is 2.18. The van der Waals surface area contributed by atoms with Crippen molar-refractivity contribution in [3.63, 3.8) is 0 Å². The van der Waals surface area contributed by atoms with Crippen LogP contribution >= 0.6 is 27.3 Å². The number of anilines is 1. The van der Waals surface area contributed by atoms with Crippen molar-refractivity contribution in [3.05, 3.63) is 89.8 Å². The van der Waals surface area contributed by atoms with E-state index < -0.39 is 5.69 Å². The van der Waals surface area contributed by atoms with Crippen LogP contribution in [0, 0.1) is 20.8 Å². The van der Waals surface area contributed by atoms with Gasteiger partial charge in [0, 0.05) is 10.2 Å². The number of aromatic nitrogens is 2. The van der Waals surface area contributed by atoms with Crippen LogP contribution in [0.25, 0.3) is 15.9 Å². The number of benzene rings is 2. The lowest BCUT2D eigenvalue weighted by atomic mass is 10.1. The second-order valence-corrected chi connectivity index (χ2v) is 9.25. The molecule has 8 heteroatoms. The van der Waals surface area contributed by atoms with Gasteiger partial charge in [0.2, 0.25) is 5.91 Å². The Bertz CT molecular complexity index is 1450. The fourth-order valence-electron chi connectivity index (χ4n) is 3.43.